The number of hydrogen-bond donors (Lipinski definition) is 0. The van der Waals surface area contributed by atoms with Crippen LogP contribution in [0.15, 0.2) is 89.2 Å². The second-order valence-electron chi connectivity index (χ2n) is 11.4. The van der Waals surface area contributed by atoms with E-state index in [1.807, 2.05) is 25.1 Å². The molecule has 0 aliphatic heterocycles. The SMILES string of the molecule is COc1ccc(CN(c2ccncn2)S(=O)(=O)c2ccc(O[C@H]3CC[C@H](c4cccc(SC(F)(F)F)c4)C[C@@H]3N(C)C)nc2)c(OC)c1. The van der Waals surface area contributed by atoms with Crippen LogP contribution < -0.4 is 18.5 Å². The van der Waals surface area contributed by atoms with Gasteiger partial charge in [0, 0.05) is 40.9 Å². The minimum atomic E-state index is -4.35. The molecule has 0 amide bonds. The van der Waals surface area contributed by atoms with Gasteiger partial charge in [-0.15, -0.1) is 0 Å². The van der Waals surface area contributed by atoms with E-state index in [9.17, 15) is 21.6 Å². The quantitative estimate of drug-likeness (QED) is 0.151. The lowest BCUT2D eigenvalue weighted by Gasteiger charge is -2.39. The molecule has 2 aromatic carbocycles. The number of sulfonamides is 1. The predicted molar refractivity (Wildman–Crippen MR) is 176 cm³/mol. The maximum absolute atomic E-state index is 14.0. The third-order valence-corrected chi connectivity index (χ3v) is 10.6. The second kappa shape index (κ2) is 15.0. The van der Waals surface area contributed by atoms with Crippen molar-refractivity contribution in [1.82, 2.24) is 19.9 Å². The Morgan fingerprint density at radius 1 is 0.979 bits per heavy atom. The van der Waals surface area contributed by atoms with Crippen LogP contribution in [0.3, 0.4) is 0 Å². The van der Waals surface area contributed by atoms with Crippen molar-refractivity contribution in [2.45, 2.75) is 59.2 Å². The average molecular weight is 704 g/mol. The zero-order valence-corrected chi connectivity index (χ0v) is 28.4. The van der Waals surface area contributed by atoms with E-state index >= 15 is 0 Å². The van der Waals surface area contributed by atoms with Gasteiger partial charge in [0.05, 0.1) is 27.0 Å². The summed E-state index contributed by atoms with van der Waals surface area (Å²) in [5.74, 6) is 1.49. The highest BCUT2D eigenvalue weighted by atomic mass is 32.2. The lowest BCUT2D eigenvalue weighted by Crippen LogP contribution is -2.46. The van der Waals surface area contributed by atoms with Gasteiger partial charge in [0.1, 0.15) is 34.6 Å². The molecule has 256 valence electrons. The number of nitrogens with zero attached hydrogens (tertiary/aromatic N) is 5. The molecule has 10 nitrogen and oxygen atoms in total. The fourth-order valence-corrected chi connectivity index (χ4v) is 7.75. The van der Waals surface area contributed by atoms with Crippen molar-refractivity contribution in [3.05, 3.63) is 90.5 Å². The molecule has 1 aliphatic rings. The predicted octanol–water partition coefficient (Wildman–Crippen LogP) is 6.54. The van der Waals surface area contributed by atoms with Gasteiger partial charge in [-0.3, -0.25) is 0 Å². The van der Waals surface area contributed by atoms with Gasteiger partial charge in [0.25, 0.3) is 10.0 Å². The Labute approximate surface area is 282 Å². The molecule has 5 rings (SSSR count). The molecule has 0 radical (unpaired) electrons. The van der Waals surface area contributed by atoms with Crippen molar-refractivity contribution in [3.63, 3.8) is 0 Å². The monoisotopic (exact) mass is 703 g/mol. The summed E-state index contributed by atoms with van der Waals surface area (Å²) in [5.41, 5.74) is -2.90. The molecule has 48 heavy (non-hydrogen) atoms. The Balaban J connectivity index is 1.33. The van der Waals surface area contributed by atoms with Gasteiger partial charge < -0.3 is 19.1 Å². The Kier molecular flexibility index (Phi) is 11.0. The van der Waals surface area contributed by atoms with Crippen molar-refractivity contribution >= 4 is 27.6 Å². The zero-order chi connectivity index (χ0) is 34.5. The molecule has 0 N–H and O–H groups in total. The summed E-state index contributed by atoms with van der Waals surface area (Å²) >= 11 is -0.111. The second-order valence-corrected chi connectivity index (χ2v) is 14.4. The largest absolute Gasteiger partial charge is 0.497 e. The molecule has 3 atom stereocenters. The number of halogens is 3. The van der Waals surface area contributed by atoms with E-state index in [2.05, 4.69) is 15.0 Å². The van der Waals surface area contributed by atoms with Crippen LogP contribution in [0.2, 0.25) is 0 Å². The highest BCUT2D eigenvalue weighted by Crippen LogP contribution is 2.41. The minimum absolute atomic E-state index is 0.0550. The number of ether oxygens (including phenoxy) is 3. The highest BCUT2D eigenvalue weighted by molar-refractivity contribution is 8.00. The highest BCUT2D eigenvalue weighted by Gasteiger charge is 2.35. The molecule has 15 heteroatoms. The van der Waals surface area contributed by atoms with Gasteiger partial charge in [0.15, 0.2) is 0 Å². The Hall–Kier alpha value is -4.08. The maximum atomic E-state index is 14.0. The van der Waals surface area contributed by atoms with Gasteiger partial charge in [0.2, 0.25) is 5.88 Å². The van der Waals surface area contributed by atoms with Crippen LogP contribution >= 0.6 is 11.8 Å². The Morgan fingerprint density at radius 2 is 1.79 bits per heavy atom. The van der Waals surface area contributed by atoms with E-state index in [0.717, 1.165) is 9.87 Å². The van der Waals surface area contributed by atoms with Crippen LogP contribution in [0.25, 0.3) is 0 Å². The summed E-state index contributed by atoms with van der Waals surface area (Å²) in [5, 5.41) is 0. The van der Waals surface area contributed by atoms with Gasteiger partial charge in [-0.1, -0.05) is 12.1 Å². The molecule has 0 saturated heterocycles. The molecule has 0 unspecified atom stereocenters. The first-order chi connectivity index (χ1) is 22.9. The minimum Gasteiger partial charge on any atom is -0.497 e. The molecule has 0 bridgehead atoms. The number of alkyl halides is 3. The summed E-state index contributed by atoms with van der Waals surface area (Å²) in [6, 6.07) is 16.1. The van der Waals surface area contributed by atoms with Crippen molar-refractivity contribution in [3.8, 4) is 17.4 Å². The third kappa shape index (κ3) is 8.49. The van der Waals surface area contributed by atoms with Crippen molar-refractivity contribution in [1.29, 1.82) is 0 Å². The number of hydrogen-bond acceptors (Lipinski definition) is 10. The first-order valence-electron chi connectivity index (χ1n) is 15.0. The first-order valence-corrected chi connectivity index (χ1v) is 17.3. The Bertz CT molecular complexity index is 1780. The summed E-state index contributed by atoms with van der Waals surface area (Å²) in [7, 11) is 2.73. The number of aromatic nitrogens is 3. The van der Waals surface area contributed by atoms with Crippen LogP contribution in [0.4, 0.5) is 19.0 Å². The van der Waals surface area contributed by atoms with Crippen LogP contribution in [0.5, 0.6) is 17.4 Å². The summed E-state index contributed by atoms with van der Waals surface area (Å²) in [4.78, 5) is 14.6. The number of anilines is 1. The topological polar surface area (TPSA) is 107 Å². The van der Waals surface area contributed by atoms with Gasteiger partial charge in [-0.2, -0.15) is 13.2 Å². The third-order valence-electron chi connectivity index (χ3n) is 8.18. The first kappa shape index (κ1) is 35.2. The van der Waals surface area contributed by atoms with Gasteiger partial charge >= 0.3 is 5.51 Å². The molecule has 1 fully saturated rings. The normalized spacial score (nSPS) is 18.4. The summed E-state index contributed by atoms with van der Waals surface area (Å²) in [6.07, 6.45) is 5.74. The average Bonchev–Trinajstić information content (AvgIpc) is 3.07. The molecular formula is C33H36F3N5O5S2. The maximum Gasteiger partial charge on any atom is 0.446 e. The summed E-state index contributed by atoms with van der Waals surface area (Å²) in [6.45, 7) is -0.0870. The van der Waals surface area contributed by atoms with Crippen LogP contribution in [-0.2, 0) is 16.6 Å². The van der Waals surface area contributed by atoms with Crippen LogP contribution in [-0.4, -0.2) is 74.2 Å². The number of rotatable bonds is 12. The van der Waals surface area contributed by atoms with E-state index in [1.54, 1.807) is 30.3 Å². The molecule has 2 heterocycles. The van der Waals surface area contributed by atoms with Crippen molar-refractivity contribution in [2.75, 3.05) is 32.6 Å². The van der Waals surface area contributed by atoms with Crippen molar-refractivity contribution in [2.24, 2.45) is 0 Å². The standard InChI is InChI=1S/C33H36F3N5O5S2/c1-40(2)28-17-23(22-6-5-7-26(16-22)47-33(34,35)36)9-12-29(28)46-32-13-11-27(19-38-32)48(42,43)41(31-14-15-37-21-39-31)20-24-8-10-25(44-3)18-30(24)45-4/h5-8,10-11,13-16,18-19,21,23,28-29H,9,12,17,20H2,1-4H3/t23-,28-,29-/m0/s1. The molecule has 0 spiro atoms. The van der Waals surface area contributed by atoms with Crippen molar-refractivity contribution < 1.29 is 35.8 Å². The number of methoxy groups -OCH3 is 2. The van der Waals surface area contributed by atoms with E-state index < -0.39 is 15.5 Å². The van der Waals surface area contributed by atoms with E-state index in [-0.39, 0.29) is 57.9 Å². The number of benzene rings is 2. The summed E-state index contributed by atoms with van der Waals surface area (Å²) < 4.78 is 85.2. The van der Waals surface area contributed by atoms with Crippen LogP contribution in [0, 0.1) is 0 Å². The lowest BCUT2D eigenvalue weighted by molar-refractivity contribution is -0.0328. The van der Waals surface area contributed by atoms with Gasteiger partial charge in [-0.05, 0) is 86.9 Å². The fraction of sp³-hybridized carbons (Fsp3) is 0.364. The lowest BCUT2D eigenvalue weighted by atomic mass is 9.79. The fourth-order valence-electron chi connectivity index (χ4n) is 5.80. The Morgan fingerprint density at radius 3 is 2.44 bits per heavy atom. The van der Waals surface area contributed by atoms with E-state index in [4.69, 9.17) is 14.2 Å². The molecule has 1 saturated carbocycles. The molecule has 1 aliphatic carbocycles. The van der Waals surface area contributed by atoms with Crippen LogP contribution in [0.1, 0.15) is 36.3 Å². The molecular weight excluding hydrogens is 668 g/mol. The number of pyridine rings is 1. The zero-order valence-electron chi connectivity index (χ0n) is 26.8. The van der Waals surface area contributed by atoms with Gasteiger partial charge in [-0.25, -0.2) is 27.7 Å². The number of thioether (sulfide) groups is 1. The van der Waals surface area contributed by atoms with E-state index in [1.165, 1.54) is 57.2 Å². The molecule has 4 aromatic rings. The smallest absolute Gasteiger partial charge is 0.446 e. The van der Waals surface area contributed by atoms with E-state index in [0.29, 0.717) is 36.3 Å². The number of likely N-dealkylation sites (N-methyl/N-ethyl adjacent to an activating group) is 1. The molecule has 2 aromatic heterocycles.